The smallest absolute Gasteiger partial charge is 0.135 e. The second-order valence-corrected chi connectivity index (χ2v) is 20.7. The zero-order valence-electron chi connectivity index (χ0n) is 41.2. The van der Waals surface area contributed by atoms with Crippen molar-refractivity contribution >= 4 is 55.4 Å². The van der Waals surface area contributed by atoms with E-state index in [-0.39, 0.29) is 5.41 Å². The molecule has 0 amide bonds. The van der Waals surface area contributed by atoms with Gasteiger partial charge >= 0.3 is 0 Å². The van der Waals surface area contributed by atoms with Crippen molar-refractivity contribution in [1.82, 2.24) is 4.57 Å². The van der Waals surface area contributed by atoms with Crippen molar-refractivity contribution in [3.63, 3.8) is 0 Å². The number of rotatable bonds is 7. The Bertz CT molecular complexity index is 4450. The molecule has 0 aliphatic heterocycles. The topological polar surface area (TPSA) is 18.1 Å². The average molecular weight is 944 g/mol. The number of hydrogen-bond donors (Lipinski definition) is 0. The van der Waals surface area contributed by atoms with Gasteiger partial charge in [-0.2, -0.15) is 0 Å². The highest BCUT2D eigenvalue weighted by Gasteiger charge is 2.47. The van der Waals surface area contributed by atoms with Crippen molar-refractivity contribution in [2.45, 2.75) is 24.7 Å². The van der Waals surface area contributed by atoms with Gasteiger partial charge < -0.3 is 8.98 Å². The summed E-state index contributed by atoms with van der Waals surface area (Å²) in [5, 5.41) is 4.72. The maximum atomic E-state index is 6.28. The van der Waals surface area contributed by atoms with Gasteiger partial charge in [0.1, 0.15) is 11.2 Å². The quantitative estimate of drug-likeness (QED) is 0.146. The zero-order valence-corrected chi connectivity index (χ0v) is 41.2. The molecule has 0 saturated carbocycles. The van der Waals surface area contributed by atoms with Crippen molar-refractivity contribution in [2.24, 2.45) is 0 Å². The summed E-state index contributed by atoms with van der Waals surface area (Å²) in [5.41, 5.74) is 24.6. The molecule has 13 aromatic rings. The Labute approximate surface area is 430 Å². The molecule has 0 radical (unpaired) electrons. The average Bonchev–Trinajstić information content (AvgIpc) is 4.16. The monoisotopic (exact) mass is 943 g/mol. The van der Waals surface area contributed by atoms with Crippen molar-refractivity contribution in [3.8, 4) is 39.1 Å². The lowest BCUT2D eigenvalue weighted by Crippen LogP contribution is -2.28. The molecule has 2 nitrogen and oxygen atoms in total. The maximum absolute atomic E-state index is 6.28. The lowest BCUT2D eigenvalue weighted by Gasteiger charge is -2.34. The van der Waals surface area contributed by atoms with Gasteiger partial charge in [0.15, 0.2) is 0 Å². The van der Waals surface area contributed by atoms with E-state index < -0.39 is 5.41 Å². The van der Waals surface area contributed by atoms with Gasteiger partial charge in [0.05, 0.1) is 22.1 Å². The van der Waals surface area contributed by atoms with Crippen LogP contribution in [0.15, 0.2) is 259 Å². The first kappa shape index (κ1) is 42.4. The number of fused-ring (bicyclic) bond motifs is 12. The molecule has 11 aromatic carbocycles. The van der Waals surface area contributed by atoms with Gasteiger partial charge in [0, 0.05) is 32.5 Å². The van der Waals surface area contributed by atoms with Crippen molar-refractivity contribution in [1.29, 1.82) is 0 Å². The molecule has 348 valence electrons. The van der Waals surface area contributed by atoms with E-state index in [1.54, 1.807) is 0 Å². The van der Waals surface area contributed by atoms with Gasteiger partial charge in [-0.1, -0.05) is 220 Å². The minimum absolute atomic E-state index is 0.107. The van der Waals surface area contributed by atoms with Crippen LogP contribution in [0.1, 0.15) is 63.9 Å². The molecular formula is C72H49NO. The third-order valence-electron chi connectivity index (χ3n) is 16.5. The summed E-state index contributed by atoms with van der Waals surface area (Å²) in [6.07, 6.45) is 2.40. The summed E-state index contributed by atoms with van der Waals surface area (Å²) in [5.74, 6) is 0. The van der Waals surface area contributed by atoms with Crippen LogP contribution in [0.5, 0.6) is 0 Å². The number of furan rings is 1. The standard InChI is InChI=1S/C72H49NO/c1-71(2)61-29-13-9-25-53(61)54-39-36-50(45-64(54)71)59(47-19-5-3-6-20-47)41-46-35-38-56-55-26-11-15-32-65(55)73(67(56)42-46)66-33-18-31-63-70(66)58-28-10-14-30-62(58)72(63,51-22-7-4-8-23-51)52-24-17-21-48(43-52)49-37-40-69-60(44-49)57-27-12-16-34-68(57)74-69/h3-45H,1-2H3/b59-41+. The van der Waals surface area contributed by atoms with E-state index in [0.29, 0.717) is 0 Å². The van der Waals surface area contributed by atoms with Crippen LogP contribution in [-0.2, 0) is 10.8 Å². The van der Waals surface area contributed by atoms with Gasteiger partial charge in [-0.3, -0.25) is 0 Å². The second-order valence-electron chi connectivity index (χ2n) is 20.7. The largest absolute Gasteiger partial charge is 0.456 e. The van der Waals surface area contributed by atoms with E-state index in [9.17, 15) is 0 Å². The molecule has 2 heterocycles. The SMILES string of the molecule is CC1(C)c2ccccc2-c2ccc(/C(=C/c3ccc4c5ccccc5n(-c5cccc6c5-c5ccccc5C6(c5ccccc5)c5cccc(-c6ccc7oc8ccccc8c7c6)c5)c4c3)c3ccccc3)cc21. The first-order valence-electron chi connectivity index (χ1n) is 25.8. The van der Waals surface area contributed by atoms with Crippen LogP contribution in [0.3, 0.4) is 0 Å². The summed E-state index contributed by atoms with van der Waals surface area (Å²) in [6.45, 7) is 4.73. The number of nitrogens with zero attached hydrogens (tertiary/aromatic N) is 1. The summed E-state index contributed by atoms with van der Waals surface area (Å²) in [4.78, 5) is 0. The fourth-order valence-corrected chi connectivity index (χ4v) is 13.1. The zero-order chi connectivity index (χ0) is 49.1. The summed E-state index contributed by atoms with van der Waals surface area (Å²) in [6, 6.07) is 94.4. The molecule has 15 rings (SSSR count). The van der Waals surface area contributed by atoms with Crippen LogP contribution in [0.25, 0.3) is 94.5 Å². The third kappa shape index (κ3) is 6.12. The van der Waals surface area contributed by atoms with Crippen LogP contribution in [0, 0.1) is 0 Å². The van der Waals surface area contributed by atoms with Gasteiger partial charge in [0.25, 0.3) is 0 Å². The predicted molar refractivity (Wildman–Crippen MR) is 308 cm³/mol. The Balaban J connectivity index is 0.940. The third-order valence-corrected chi connectivity index (χ3v) is 16.5. The molecule has 0 N–H and O–H groups in total. The Morgan fingerprint density at radius 2 is 1.04 bits per heavy atom. The number of hydrogen-bond acceptors (Lipinski definition) is 1. The van der Waals surface area contributed by atoms with Crippen molar-refractivity contribution < 1.29 is 4.42 Å². The van der Waals surface area contributed by atoms with Crippen LogP contribution < -0.4 is 0 Å². The van der Waals surface area contributed by atoms with Crippen molar-refractivity contribution in [3.05, 3.63) is 305 Å². The molecule has 0 fully saturated rings. The highest BCUT2D eigenvalue weighted by molar-refractivity contribution is 6.11. The van der Waals surface area contributed by atoms with Gasteiger partial charge in [-0.15, -0.1) is 0 Å². The molecule has 2 heteroatoms. The Kier molecular flexibility index (Phi) is 9.25. The lowest BCUT2D eigenvalue weighted by molar-refractivity contribution is 0.660. The van der Waals surface area contributed by atoms with Gasteiger partial charge in [-0.05, 0) is 138 Å². The molecule has 74 heavy (non-hydrogen) atoms. The molecule has 0 saturated heterocycles. The van der Waals surface area contributed by atoms with E-state index in [1.807, 2.05) is 6.07 Å². The highest BCUT2D eigenvalue weighted by Crippen LogP contribution is 2.58. The Morgan fingerprint density at radius 3 is 1.91 bits per heavy atom. The number of aromatic nitrogens is 1. The van der Waals surface area contributed by atoms with Gasteiger partial charge in [0.2, 0.25) is 0 Å². The van der Waals surface area contributed by atoms with E-state index in [1.165, 1.54) is 99.7 Å². The molecule has 2 aliphatic carbocycles. The molecule has 0 bridgehead atoms. The summed E-state index contributed by atoms with van der Waals surface area (Å²) in [7, 11) is 0. The molecule has 2 aliphatic rings. The van der Waals surface area contributed by atoms with Crippen LogP contribution >= 0.6 is 0 Å². The first-order valence-corrected chi connectivity index (χ1v) is 25.8. The molecule has 1 unspecified atom stereocenters. The fraction of sp³-hybridized carbons (Fsp3) is 0.0556. The second kappa shape index (κ2) is 16.1. The maximum Gasteiger partial charge on any atom is 0.135 e. The van der Waals surface area contributed by atoms with Crippen LogP contribution in [0.4, 0.5) is 0 Å². The predicted octanol–water partition coefficient (Wildman–Crippen LogP) is 18.6. The first-order chi connectivity index (χ1) is 36.4. The molecule has 2 aromatic heterocycles. The number of benzene rings is 11. The van der Waals surface area contributed by atoms with Crippen molar-refractivity contribution in [2.75, 3.05) is 0 Å². The van der Waals surface area contributed by atoms with Crippen LogP contribution in [0.2, 0.25) is 0 Å². The van der Waals surface area contributed by atoms with Gasteiger partial charge in [-0.25, -0.2) is 0 Å². The fourth-order valence-electron chi connectivity index (χ4n) is 13.1. The summed E-state index contributed by atoms with van der Waals surface area (Å²) < 4.78 is 8.82. The van der Waals surface area contributed by atoms with Crippen LogP contribution in [-0.4, -0.2) is 4.57 Å². The van der Waals surface area contributed by atoms with E-state index in [4.69, 9.17) is 4.42 Å². The van der Waals surface area contributed by atoms with E-state index in [2.05, 4.69) is 273 Å². The Morgan fingerprint density at radius 1 is 0.392 bits per heavy atom. The highest BCUT2D eigenvalue weighted by atomic mass is 16.3. The lowest BCUT2D eigenvalue weighted by atomic mass is 9.67. The minimum Gasteiger partial charge on any atom is -0.456 e. The van der Waals surface area contributed by atoms with E-state index in [0.717, 1.165) is 38.8 Å². The Hall–Kier alpha value is -9.24. The number of para-hydroxylation sites is 2. The molecule has 0 spiro atoms. The summed E-state index contributed by atoms with van der Waals surface area (Å²) >= 11 is 0. The molecular weight excluding hydrogens is 895 g/mol. The normalized spacial score (nSPS) is 15.4. The molecule has 1 atom stereocenters. The minimum atomic E-state index is -0.616. The van der Waals surface area contributed by atoms with E-state index >= 15 is 0 Å².